The summed E-state index contributed by atoms with van der Waals surface area (Å²) in [7, 11) is 0. The molecule has 2 atom stereocenters. The van der Waals surface area contributed by atoms with Gasteiger partial charge in [-0.2, -0.15) is 31.6 Å². The van der Waals surface area contributed by atoms with Crippen molar-refractivity contribution in [3.05, 3.63) is 69.7 Å². The first-order valence-electron chi connectivity index (χ1n) is 11.5. The molecule has 1 saturated carbocycles. The molecule has 1 amide bonds. The zero-order valence-electron chi connectivity index (χ0n) is 19.1. The monoisotopic (exact) mass is 528 g/mol. The number of hydrogen-bond acceptors (Lipinski definition) is 2. The Bertz CT molecular complexity index is 1200. The van der Waals surface area contributed by atoms with Crippen LogP contribution in [0.15, 0.2) is 42.5 Å². The highest BCUT2D eigenvalue weighted by Crippen LogP contribution is 2.72. The van der Waals surface area contributed by atoms with Gasteiger partial charge in [-0.3, -0.25) is 4.79 Å². The maximum Gasteiger partial charge on any atom is 0.416 e. The Morgan fingerprint density at radius 3 is 2.47 bits per heavy atom. The zero-order valence-corrected chi connectivity index (χ0v) is 19.9. The molecule has 4 rings (SSSR count). The number of carbonyl (C=O) groups is 1. The van der Waals surface area contributed by atoms with E-state index in [1.54, 1.807) is 24.3 Å². The number of aryl methyl sites for hydroxylation is 1. The van der Waals surface area contributed by atoms with Gasteiger partial charge in [-0.25, -0.2) is 0 Å². The van der Waals surface area contributed by atoms with Gasteiger partial charge in [0.2, 0.25) is 5.91 Å². The van der Waals surface area contributed by atoms with Crippen LogP contribution in [0.4, 0.5) is 26.3 Å². The van der Waals surface area contributed by atoms with Gasteiger partial charge in [0.1, 0.15) is 12.5 Å². The summed E-state index contributed by atoms with van der Waals surface area (Å²) in [6.45, 7) is 0.254. The topological polar surface area (TPSA) is 44.1 Å². The maximum absolute atomic E-state index is 13.7. The molecule has 1 aliphatic heterocycles. The van der Waals surface area contributed by atoms with Crippen molar-refractivity contribution in [1.29, 1.82) is 5.26 Å². The number of likely N-dealkylation sites (tertiary alicyclic amines) is 1. The van der Waals surface area contributed by atoms with Gasteiger partial charge in [0.05, 0.1) is 16.1 Å². The third-order valence-corrected chi connectivity index (χ3v) is 7.95. The SMILES string of the molecule is N#Cc1ccc(CC[C@@]2(Cc3ccccc3C(F)(F)F)C[C@]23CCN(C(=O)CC(F)(F)F)C3)cc1Cl. The summed E-state index contributed by atoms with van der Waals surface area (Å²) in [6, 6.07) is 12.3. The van der Waals surface area contributed by atoms with Crippen molar-refractivity contribution in [3.8, 4) is 6.07 Å². The third kappa shape index (κ3) is 5.34. The average molecular weight is 529 g/mol. The van der Waals surface area contributed by atoms with E-state index >= 15 is 0 Å². The van der Waals surface area contributed by atoms with Crippen molar-refractivity contribution in [2.24, 2.45) is 10.8 Å². The Morgan fingerprint density at radius 2 is 1.83 bits per heavy atom. The van der Waals surface area contributed by atoms with Gasteiger partial charge >= 0.3 is 12.4 Å². The van der Waals surface area contributed by atoms with Gasteiger partial charge < -0.3 is 4.90 Å². The number of amides is 1. The predicted octanol–water partition coefficient (Wildman–Crippen LogP) is 6.97. The third-order valence-electron chi connectivity index (χ3n) is 7.63. The Balaban J connectivity index is 1.60. The molecule has 0 unspecified atom stereocenters. The number of nitriles is 1. The van der Waals surface area contributed by atoms with Crippen LogP contribution in [0.3, 0.4) is 0 Å². The van der Waals surface area contributed by atoms with Crippen LogP contribution in [0.1, 0.15) is 47.9 Å². The van der Waals surface area contributed by atoms with Crippen LogP contribution >= 0.6 is 11.6 Å². The number of carbonyl (C=O) groups excluding carboxylic acids is 1. The number of nitrogens with zero attached hydrogens (tertiary/aromatic N) is 2. The summed E-state index contributed by atoms with van der Waals surface area (Å²) in [5.41, 5.74) is -0.611. The number of benzene rings is 2. The molecular weight excluding hydrogens is 506 g/mol. The molecular formula is C26H23ClF6N2O. The first-order chi connectivity index (χ1) is 16.8. The van der Waals surface area contributed by atoms with Gasteiger partial charge in [0.25, 0.3) is 0 Å². The fourth-order valence-corrected chi connectivity index (χ4v) is 5.99. The van der Waals surface area contributed by atoms with Gasteiger partial charge in [0, 0.05) is 13.1 Å². The van der Waals surface area contributed by atoms with E-state index in [9.17, 15) is 31.1 Å². The van der Waals surface area contributed by atoms with E-state index in [1.165, 1.54) is 17.0 Å². The molecule has 2 fully saturated rings. The Morgan fingerprint density at radius 1 is 1.11 bits per heavy atom. The van der Waals surface area contributed by atoms with Crippen LogP contribution in [0.5, 0.6) is 0 Å². The second-order valence-electron chi connectivity index (χ2n) is 9.85. The van der Waals surface area contributed by atoms with Crippen molar-refractivity contribution in [2.75, 3.05) is 13.1 Å². The van der Waals surface area contributed by atoms with E-state index in [0.29, 0.717) is 31.2 Å². The number of alkyl halides is 6. The van der Waals surface area contributed by atoms with E-state index in [4.69, 9.17) is 16.9 Å². The van der Waals surface area contributed by atoms with Crippen molar-refractivity contribution >= 4 is 17.5 Å². The minimum Gasteiger partial charge on any atom is -0.342 e. The molecule has 2 aromatic rings. The molecule has 0 radical (unpaired) electrons. The van der Waals surface area contributed by atoms with Gasteiger partial charge in [-0.05, 0) is 72.3 Å². The fourth-order valence-electron chi connectivity index (χ4n) is 5.75. The average Bonchev–Trinajstić information content (AvgIpc) is 3.14. The molecule has 3 nitrogen and oxygen atoms in total. The molecule has 1 heterocycles. The van der Waals surface area contributed by atoms with Crippen LogP contribution in [-0.2, 0) is 23.8 Å². The fraction of sp³-hybridized carbons (Fsp3) is 0.462. The maximum atomic E-state index is 13.7. The summed E-state index contributed by atoms with van der Waals surface area (Å²) >= 11 is 6.14. The molecule has 2 aliphatic rings. The summed E-state index contributed by atoms with van der Waals surface area (Å²) in [6.07, 6.45) is -8.69. The van der Waals surface area contributed by atoms with Gasteiger partial charge in [-0.15, -0.1) is 0 Å². The van der Waals surface area contributed by atoms with Crippen LogP contribution in [0.2, 0.25) is 5.02 Å². The molecule has 0 bridgehead atoms. The number of halogens is 7. The quantitative estimate of drug-likeness (QED) is 0.380. The first kappa shape index (κ1) is 26.3. The highest BCUT2D eigenvalue weighted by atomic mass is 35.5. The molecule has 1 spiro atoms. The zero-order chi connectivity index (χ0) is 26.4. The van der Waals surface area contributed by atoms with Crippen LogP contribution < -0.4 is 0 Å². The molecule has 10 heteroatoms. The van der Waals surface area contributed by atoms with E-state index in [1.807, 2.05) is 6.07 Å². The van der Waals surface area contributed by atoms with Crippen LogP contribution in [-0.4, -0.2) is 30.1 Å². The lowest BCUT2D eigenvalue weighted by molar-refractivity contribution is -0.160. The van der Waals surface area contributed by atoms with Crippen molar-refractivity contribution in [2.45, 2.75) is 50.9 Å². The van der Waals surface area contributed by atoms with E-state index in [-0.39, 0.29) is 30.1 Å². The Hall–Kier alpha value is -2.73. The largest absolute Gasteiger partial charge is 0.416 e. The lowest BCUT2D eigenvalue weighted by Crippen LogP contribution is -2.33. The summed E-state index contributed by atoms with van der Waals surface area (Å²) in [4.78, 5) is 13.4. The summed E-state index contributed by atoms with van der Waals surface area (Å²) in [5.74, 6) is -1.00. The first-order valence-corrected chi connectivity index (χ1v) is 11.8. The van der Waals surface area contributed by atoms with Gasteiger partial charge in [-0.1, -0.05) is 35.9 Å². The van der Waals surface area contributed by atoms with Gasteiger partial charge in [0.15, 0.2) is 0 Å². The van der Waals surface area contributed by atoms with Crippen molar-refractivity contribution in [3.63, 3.8) is 0 Å². The number of rotatable bonds is 6. The van der Waals surface area contributed by atoms with Crippen LogP contribution in [0, 0.1) is 22.2 Å². The highest BCUT2D eigenvalue weighted by Gasteiger charge is 2.68. The molecule has 36 heavy (non-hydrogen) atoms. The normalized spacial score (nSPS) is 23.7. The smallest absolute Gasteiger partial charge is 0.342 e. The summed E-state index contributed by atoms with van der Waals surface area (Å²) < 4.78 is 79.4. The molecule has 0 N–H and O–H groups in total. The Kier molecular flexibility index (Phi) is 6.80. The Labute approximate surface area is 209 Å². The van der Waals surface area contributed by atoms with Crippen LogP contribution in [0.25, 0.3) is 0 Å². The lowest BCUT2D eigenvalue weighted by atomic mass is 9.80. The lowest BCUT2D eigenvalue weighted by Gasteiger charge is -2.25. The molecule has 1 saturated heterocycles. The van der Waals surface area contributed by atoms with E-state index in [2.05, 4.69) is 0 Å². The second-order valence-corrected chi connectivity index (χ2v) is 10.3. The second kappa shape index (κ2) is 9.29. The molecule has 1 aliphatic carbocycles. The predicted molar refractivity (Wildman–Crippen MR) is 121 cm³/mol. The molecule has 2 aromatic carbocycles. The molecule has 0 aromatic heterocycles. The van der Waals surface area contributed by atoms with E-state index < -0.39 is 41.1 Å². The number of hydrogen-bond donors (Lipinski definition) is 0. The molecule has 192 valence electrons. The minimum atomic E-state index is -4.62. The highest BCUT2D eigenvalue weighted by molar-refractivity contribution is 6.31. The standard InChI is InChI=1S/C26H23ClF6N2O/c27-21-11-17(5-6-19(21)14-34)7-8-23(12-18-3-1-2-4-20(18)26(31,32)33)15-24(23)9-10-35(16-24)22(36)13-25(28,29)30/h1-6,11H,7-10,12-13,15-16H2/t23-,24+/m1/s1. The summed E-state index contributed by atoms with van der Waals surface area (Å²) in [5, 5.41) is 9.36. The minimum absolute atomic E-state index is 0.101. The van der Waals surface area contributed by atoms with Crippen molar-refractivity contribution in [1.82, 2.24) is 4.90 Å². The van der Waals surface area contributed by atoms with E-state index in [0.717, 1.165) is 11.6 Å². The van der Waals surface area contributed by atoms with Crippen molar-refractivity contribution < 1.29 is 31.1 Å².